The van der Waals surface area contributed by atoms with E-state index in [1.54, 1.807) is 26.3 Å². The zero-order valence-corrected chi connectivity index (χ0v) is 14.6. The fourth-order valence-corrected chi connectivity index (χ4v) is 2.51. The molecule has 1 heterocycles. The molecule has 0 N–H and O–H groups in total. The molecule has 0 saturated carbocycles. The van der Waals surface area contributed by atoms with Crippen LogP contribution in [0.3, 0.4) is 0 Å². The van der Waals surface area contributed by atoms with Gasteiger partial charge in [-0.1, -0.05) is 18.2 Å². The lowest BCUT2D eigenvalue weighted by Gasteiger charge is -2.17. The van der Waals surface area contributed by atoms with Crippen molar-refractivity contribution >= 4 is 11.6 Å². The van der Waals surface area contributed by atoms with Crippen LogP contribution in [-0.4, -0.2) is 29.6 Å². The maximum Gasteiger partial charge on any atom is 0.254 e. The van der Waals surface area contributed by atoms with Gasteiger partial charge in [0.05, 0.1) is 19.1 Å². The third-order valence-electron chi connectivity index (χ3n) is 4.09. The van der Waals surface area contributed by atoms with E-state index in [0.29, 0.717) is 5.69 Å². The lowest BCUT2D eigenvalue weighted by Crippen LogP contribution is -2.33. The summed E-state index contributed by atoms with van der Waals surface area (Å²) >= 11 is 0. The topological polar surface area (TPSA) is 64.4 Å². The average Bonchev–Trinajstić information content (AvgIpc) is 2.69. The number of para-hydroxylation sites is 1. The molecule has 1 aromatic heterocycles. The Morgan fingerprint density at radius 2 is 1.81 bits per heavy atom. The van der Waals surface area contributed by atoms with E-state index in [0.717, 1.165) is 17.0 Å². The molecule has 0 unspecified atom stereocenters. The smallest absolute Gasteiger partial charge is 0.254 e. The minimum Gasteiger partial charge on any atom is -0.497 e. The second-order valence-electron chi connectivity index (χ2n) is 5.76. The number of carbonyl (C=O) groups is 1. The van der Waals surface area contributed by atoms with Crippen molar-refractivity contribution in [3.63, 3.8) is 0 Å². The van der Waals surface area contributed by atoms with E-state index in [4.69, 9.17) is 4.74 Å². The molecule has 0 aliphatic rings. The standard InChI is InChI=1S/C20H19N3O3/c1-22(16-6-4-3-5-7-16)20(25)13-23-14-21-18(12-19(23)24)15-8-10-17(26-2)11-9-15/h3-12,14H,13H2,1-2H3. The normalized spacial score (nSPS) is 10.4. The first-order chi connectivity index (χ1) is 12.6. The van der Waals surface area contributed by atoms with E-state index in [1.165, 1.54) is 21.9 Å². The Morgan fingerprint density at radius 1 is 1.12 bits per heavy atom. The summed E-state index contributed by atoms with van der Waals surface area (Å²) in [6.45, 7) is -0.0693. The Kier molecular flexibility index (Phi) is 5.12. The van der Waals surface area contributed by atoms with Crippen molar-refractivity contribution in [2.24, 2.45) is 0 Å². The van der Waals surface area contributed by atoms with Gasteiger partial charge in [0, 0.05) is 24.4 Å². The Labute approximate surface area is 151 Å². The molecule has 26 heavy (non-hydrogen) atoms. The van der Waals surface area contributed by atoms with Crippen molar-refractivity contribution in [1.29, 1.82) is 0 Å². The number of nitrogens with zero attached hydrogens (tertiary/aromatic N) is 3. The third-order valence-corrected chi connectivity index (χ3v) is 4.09. The van der Waals surface area contributed by atoms with Gasteiger partial charge in [0.25, 0.3) is 5.56 Å². The van der Waals surface area contributed by atoms with Crippen LogP contribution in [0.2, 0.25) is 0 Å². The second-order valence-corrected chi connectivity index (χ2v) is 5.76. The summed E-state index contributed by atoms with van der Waals surface area (Å²) in [4.78, 5) is 30.6. The molecule has 0 spiro atoms. The van der Waals surface area contributed by atoms with Crippen LogP contribution in [0.15, 0.2) is 71.8 Å². The van der Waals surface area contributed by atoms with Gasteiger partial charge >= 0.3 is 0 Å². The van der Waals surface area contributed by atoms with E-state index < -0.39 is 0 Å². The number of benzene rings is 2. The van der Waals surface area contributed by atoms with Gasteiger partial charge in [-0.15, -0.1) is 0 Å². The molecule has 0 aliphatic carbocycles. The van der Waals surface area contributed by atoms with Gasteiger partial charge in [0.2, 0.25) is 5.91 Å². The Bertz CT molecular complexity index is 950. The van der Waals surface area contributed by atoms with Crippen molar-refractivity contribution in [2.75, 3.05) is 19.1 Å². The molecule has 3 aromatic rings. The number of ether oxygens (including phenoxy) is 1. The molecule has 0 bridgehead atoms. The number of hydrogen-bond donors (Lipinski definition) is 0. The predicted molar refractivity (Wildman–Crippen MR) is 100 cm³/mol. The Hall–Kier alpha value is -3.41. The minimum atomic E-state index is -0.277. The Balaban J connectivity index is 1.77. The van der Waals surface area contributed by atoms with Crippen molar-refractivity contribution in [3.8, 4) is 17.0 Å². The number of carbonyl (C=O) groups excluding carboxylic acids is 1. The second kappa shape index (κ2) is 7.65. The SMILES string of the molecule is COc1ccc(-c2cc(=O)n(CC(=O)N(C)c3ccccc3)cn2)cc1. The van der Waals surface area contributed by atoms with Crippen molar-refractivity contribution in [2.45, 2.75) is 6.54 Å². The third kappa shape index (κ3) is 3.80. The summed E-state index contributed by atoms with van der Waals surface area (Å²) in [5, 5.41) is 0. The monoisotopic (exact) mass is 349 g/mol. The van der Waals surface area contributed by atoms with Crippen LogP contribution in [0.25, 0.3) is 11.3 Å². The highest BCUT2D eigenvalue weighted by Gasteiger charge is 2.13. The predicted octanol–water partition coefficient (Wildman–Crippen LogP) is 2.58. The van der Waals surface area contributed by atoms with E-state index >= 15 is 0 Å². The molecular formula is C20H19N3O3. The van der Waals surface area contributed by atoms with Gasteiger partial charge in [-0.05, 0) is 36.4 Å². The first-order valence-electron chi connectivity index (χ1n) is 8.11. The van der Waals surface area contributed by atoms with Crippen molar-refractivity contribution < 1.29 is 9.53 Å². The molecule has 0 aliphatic heterocycles. The first kappa shape index (κ1) is 17.4. The van der Waals surface area contributed by atoms with Crippen molar-refractivity contribution in [3.05, 3.63) is 77.3 Å². The van der Waals surface area contributed by atoms with Crippen LogP contribution in [-0.2, 0) is 11.3 Å². The highest BCUT2D eigenvalue weighted by Crippen LogP contribution is 2.19. The van der Waals surface area contributed by atoms with Crippen LogP contribution in [0, 0.1) is 0 Å². The number of rotatable bonds is 5. The number of likely N-dealkylation sites (N-methyl/N-ethyl adjacent to an activating group) is 1. The summed E-state index contributed by atoms with van der Waals surface area (Å²) in [5.41, 5.74) is 1.86. The molecule has 6 heteroatoms. The lowest BCUT2D eigenvalue weighted by molar-refractivity contribution is -0.118. The summed E-state index contributed by atoms with van der Waals surface area (Å²) in [5.74, 6) is 0.536. The van der Waals surface area contributed by atoms with Gasteiger partial charge < -0.3 is 9.64 Å². The number of methoxy groups -OCH3 is 1. The maximum absolute atomic E-state index is 12.4. The molecule has 0 fully saturated rings. The van der Waals surface area contributed by atoms with Gasteiger partial charge in [0.1, 0.15) is 12.3 Å². The number of hydrogen-bond acceptors (Lipinski definition) is 4. The van der Waals surface area contributed by atoms with Crippen LogP contribution in [0.1, 0.15) is 0 Å². The van der Waals surface area contributed by atoms with E-state index in [-0.39, 0.29) is 18.0 Å². The molecule has 1 amide bonds. The van der Waals surface area contributed by atoms with Crippen LogP contribution >= 0.6 is 0 Å². The first-order valence-corrected chi connectivity index (χ1v) is 8.11. The number of aromatic nitrogens is 2. The average molecular weight is 349 g/mol. The van der Waals surface area contributed by atoms with E-state index in [9.17, 15) is 9.59 Å². The van der Waals surface area contributed by atoms with Gasteiger partial charge in [0.15, 0.2) is 0 Å². The van der Waals surface area contributed by atoms with E-state index in [2.05, 4.69) is 4.98 Å². The van der Waals surface area contributed by atoms with Crippen molar-refractivity contribution in [1.82, 2.24) is 9.55 Å². The molecule has 3 rings (SSSR count). The van der Waals surface area contributed by atoms with Crippen LogP contribution in [0.4, 0.5) is 5.69 Å². The highest BCUT2D eigenvalue weighted by atomic mass is 16.5. The molecule has 132 valence electrons. The zero-order chi connectivity index (χ0) is 18.5. The highest BCUT2D eigenvalue weighted by molar-refractivity contribution is 5.92. The Morgan fingerprint density at radius 3 is 2.42 bits per heavy atom. The molecular weight excluding hydrogens is 330 g/mol. The van der Waals surface area contributed by atoms with Gasteiger partial charge in [-0.25, -0.2) is 4.98 Å². The fourth-order valence-electron chi connectivity index (χ4n) is 2.51. The van der Waals surface area contributed by atoms with Gasteiger partial charge in [-0.3, -0.25) is 14.2 Å². The minimum absolute atomic E-state index is 0.0693. The van der Waals surface area contributed by atoms with E-state index in [1.807, 2.05) is 42.5 Å². The summed E-state index contributed by atoms with van der Waals surface area (Å²) in [6.07, 6.45) is 1.40. The molecule has 2 aromatic carbocycles. The lowest BCUT2D eigenvalue weighted by atomic mass is 10.1. The quantitative estimate of drug-likeness (QED) is 0.710. The number of anilines is 1. The molecule has 0 atom stereocenters. The van der Waals surface area contributed by atoms with Crippen LogP contribution < -0.4 is 15.2 Å². The maximum atomic E-state index is 12.4. The summed E-state index contributed by atoms with van der Waals surface area (Å²) in [6, 6.07) is 18.0. The summed E-state index contributed by atoms with van der Waals surface area (Å²) < 4.78 is 6.42. The molecule has 0 saturated heterocycles. The summed E-state index contributed by atoms with van der Waals surface area (Å²) in [7, 11) is 3.28. The van der Waals surface area contributed by atoms with Crippen LogP contribution in [0.5, 0.6) is 5.75 Å². The molecule has 0 radical (unpaired) electrons. The number of amides is 1. The largest absolute Gasteiger partial charge is 0.497 e. The zero-order valence-electron chi connectivity index (χ0n) is 14.6. The van der Waals surface area contributed by atoms with Gasteiger partial charge in [-0.2, -0.15) is 0 Å². The fraction of sp³-hybridized carbons (Fsp3) is 0.150. The molecule has 6 nitrogen and oxygen atoms in total.